The lowest BCUT2D eigenvalue weighted by atomic mass is 9.96. The lowest BCUT2D eigenvalue weighted by molar-refractivity contribution is -0.121. The molecule has 1 aliphatic rings. The summed E-state index contributed by atoms with van der Waals surface area (Å²) in [6.07, 6.45) is 1.41. The van der Waals surface area contributed by atoms with Crippen LogP contribution in [-0.2, 0) is 14.4 Å². The molecule has 0 radical (unpaired) electrons. The molecule has 0 unspecified atom stereocenters. The minimum absolute atomic E-state index is 0.116. The molecule has 2 aromatic rings. The molecular weight excluding hydrogens is 396 g/mol. The largest absolute Gasteiger partial charge is 0.338 e. The van der Waals surface area contributed by atoms with Gasteiger partial charge in [-0.05, 0) is 43.2 Å². The lowest BCUT2D eigenvalue weighted by Gasteiger charge is -2.32. The molecule has 1 saturated heterocycles. The molecule has 31 heavy (non-hydrogen) atoms. The molecule has 1 fully saturated rings. The standard InChI is InChI=1S/C23H26N4O4/c1-15(28)24-20-11-18(12-21(13-20)25-16(2)29)23(31)27-10-6-7-17(14-27)22(30)26-19-8-4-3-5-9-19/h3-5,8-9,11-13,17H,6-7,10,14H2,1-2H3,(H,24,28)(H,25,29)(H,26,30)/t17-/m1/s1. The second-order valence-electron chi connectivity index (χ2n) is 7.61. The smallest absolute Gasteiger partial charge is 0.254 e. The average Bonchev–Trinajstić information content (AvgIpc) is 2.73. The van der Waals surface area contributed by atoms with E-state index in [1.807, 2.05) is 30.3 Å². The van der Waals surface area contributed by atoms with E-state index in [0.29, 0.717) is 42.9 Å². The van der Waals surface area contributed by atoms with Gasteiger partial charge in [0.25, 0.3) is 5.91 Å². The van der Waals surface area contributed by atoms with Crippen LogP contribution in [-0.4, -0.2) is 41.6 Å². The van der Waals surface area contributed by atoms with E-state index in [0.717, 1.165) is 5.69 Å². The highest BCUT2D eigenvalue weighted by atomic mass is 16.2. The molecule has 3 N–H and O–H groups in total. The Morgan fingerprint density at radius 2 is 1.45 bits per heavy atom. The van der Waals surface area contributed by atoms with Crippen molar-refractivity contribution in [2.24, 2.45) is 5.92 Å². The van der Waals surface area contributed by atoms with E-state index in [4.69, 9.17) is 0 Å². The summed E-state index contributed by atoms with van der Waals surface area (Å²) in [5.41, 5.74) is 1.88. The Bertz CT molecular complexity index is 956. The van der Waals surface area contributed by atoms with E-state index in [2.05, 4.69) is 16.0 Å². The van der Waals surface area contributed by atoms with Gasteiger partial charge in [0.1, 0.15) is 0 Å². The third kappa shape index (κ3) is 6.15. The Morgan fingerprint density at radius 3 is 2.03 bits per heavy atom. The summed E-state index contributed by atoms with van der Waals surface area (Å²) in [6.45, 7) is 3.57. The van der Waals surface area contributed by atoms with Crippen molar-refractivity contribution < 1.29 is 19.2 Å². The minimum atomic E-state index is -0.314. The maximum atomic E-state index is 13.2. The Kier molecular flexibility index (Phi) is 7.02. The zero-order valence-corrected chi connectivity index (χ0v) is 17.6. The van der Waals surface area contributed by atoms with Crippen molar-refractivity contribution >= 4 is 40.7 Å². The second-order valence-corrected chi connectivity index (χ2v) is 7.61. The van der Waals surface area contributed by atoms with Crippen LogP contribution in [0.25, 0.3) is 0 Å². The van der Waals surface area contributed by atoms with Crippen molar-refractivity contribution in [3.8, 4) is 0 Å². The molecule has 3 rings (SSSR count). The Morgan fingerprint density at radius 1 is 0.839 bits per heavy atom. The highest BCUT2D eigenvalue weighted by molar-refractivity contribution is 6.00. The fourth-order valence-electron chi connectivity index (χ4n) is 3.63. The first kappa shape index (κ1) is 22.0. The molecule has 0 saturated carbocycles. The van der Waals surface area contributed by atoms with Crippen LogP contribution in [0.5, 0.6) is 0 Å². The third-order valence-corrected chi connectivity index (χ3v) is 4.94. The van der Waals surface area contributed by atoms with Crippen LogP contribution in [0, 0.1) is 5.92 Å². The monoisotopic (exact) mass is 422 g/mol. The normalized spacial score (nSPS) is 15.7. The van der Waals surface area contributed by atoms with Gasteiger partial charge in [-0.3, -0.25) is 19.2 Å². The van der Waals surface area contributed by atoms with Gasteiger partial charge < -0.3 is 20.9 Å². The number of amides is 4. The summed E-state index contributed by atoms with van der Waals surface area (Å²) in [7, 11) is 0. The number of hydrogen-bond acceptors (Lipinski definition) is 4. The van der Waals surface area contributed by atoms with Crippen LogP contribution < -0.4 is 16.0 Å². The molecule has 0 spiro atoms. The predicted molar refractivity (Wildman–Crippen MR) is 119 cm³/mol. The average molecular weight is 422 g/mol. The molecule has 1 heterocycles. The lowest BCUT2D eigenvalue weighted by Crippen LogP contribution is -2.43. The highest BCUT2D eigenvalue weighted by Gasteiger charge is 2.29. The molecule has 1 aliphatic heterocycles. The van der Waals surface area contributed by atoms with E-state index in [1.165, 1.54) is 13.8 Å². The van der Waals surface area contributed by atoms with Crippen molar-refractivity contribution in [2.45, 2.75) is 26.7 Å². The molecule has 8 nitrogen and oxygen atoms in total. The van der Waals surface area contributed by atoms with Gasteiger partial charge in [-0.25, -0.2) is 0 Å². The number of carbonyl (C=O) groups excluding carboxylic acids is 4. The van der Waals surface area contributed by atoms with Crippen LogP contribution >= 0.6 is 0 Å². The molecule has 0 aliphatic carbocycles. The summed E-state index contributed by atoms with van der Waals surface area (Å²) >= 11 is 0. The van der Waals surface area contributed by atoms with E-state index in [1.54, 1.807) is 23.1 Å². The first-order valence-electron chi connectivity index (χ1n) is 10.2. The summed E-state index contributed by atoms with van der Waals surface area (Å²) in [5, 5.41) is 8.19. The van der Waals surface area contributed by atoms with Crippen LogP contribution in [0.1, 0.15) is 37.0 Å². The molecule has 8 heteroatoms. The van der Waals surface area contributed by atoms with Crippen molar-refractivity contribution in [2.75, 3.05) is 29.0 Å². The van der Waals surface area contributed by atoms with Gasteiger partial charge in [-0.1, -0.05) is 18.2 Å². The Hall–Kier alpha value is -3.68. The summed E-state index contributed by atoms with van der Waals surface area (Å²) < 4.78 is 0. The SMILES string of the molecule is CC(=O)Nc1cc(NC(C)=O)cc(C(=O)N2CCC[C@@H](C(=O)Nc3ccccc3)C2)c1. The Balaban J connectivity index is 1.75. The van der Waals surface area contributed by atoms with Crippen molar-refractivity contribution in [1.82, 2.24) is 4.90 Å². The topological polar surface area (TPSA) is 108 Å². The molecule has 162 valence electrons. The number of benzene rings is 2. The van der Waals surface area contributed by atoms with Crippen LogP contribution in [0.2, 0.25) is 0 Å². The van der Waals surface area contributed by atoms with Gasteiger partial charge in [0.2, 0.25) is 17.7 Å². The number of para-hydroxylation sites is 1. The van der Waals surface area contributed by atoms with E-state index < -0.39 is 0 Å². The summed E-state index contributed by atoms with van der Waals surface area (Å²) in [4.78, 5) is 50.4. The molecule has 1 atom stereocenters. The fraction of sp³-hybridized carbons (Fsp3) is 0.304. The van der Waals surface area contributed by atoms with Crippen molar-refractivity contribution in [3.63, 3.8) is 0 Å². The van der Waals surface area contributed by atoms with Crippen molar-refractivity contribution in [3.05, 3.63) is 54.1 Å². The van der Waals surface area contributed by atoms with Crippen LogP contribution in [0.15, 0.2) is 48.5 Å². The van der Waals surface area contributed by atoms with Gasteiger partial charge in [0.05, 0.1) is 5.92 Å². The fourth-order valence-corrected chi connectivity index (χ4v) is 3.63. The number of piperidine rings is 1. The molecule has 4 amide bonds. The zero-order chi connectivity index (χ0) is 22.4. The van der Waals surface area contributed by atoms with Gasteiger partial charge in [-0.2, -0.15) is 0 Å². The number of anilines is 3. The van der Waals surface area contributed by atoms with Crippen LogP contribution in [0.3, 0.4) is 0 Å². The van der Waals surface area contributed by atoms with E-state index >= 15 is 0 Å². The number of hydrogen-bond donors (Lipinski definition) is 3. The number of nitrogens with one attached hydrogen (secondary N) is 3. The first-order chi connectivity index (χ1) is 14.8. The summed E-state index contributed by atoms with van der Waals surface area (Å²) in [6, 6.07) is 13.9. The van der Waals surface area contributed by atoms with Gasteiger partial charge in [-0.15, -0.1) is 0 Å². The number of rotatable bonds is 5. The van der Waals surface area contributed by atoms with Gasteiger partial charge >= 0.3 is 0 Å². The zero-order valence-electron chi connectivity index (χ0n) is 17.6. The number of carbonyl (C=O) groups is 4. The summed E-state index contributed by atoms with van der Waals surface area (Å²) in [5.74, 6) is -1.25. The molecule has 0 bridgehead atoms. The first-order valence-corrected chi connectivity index (χ1v) is 10.2. The van der Waals surface area contributed by atoms with E-state index in [-0.39, 0.29) is 29.5 Å². The number of nitrogens with zero attached hydrogens (tertiary/aromatic N) is 1. The maximum absolute atomic E-state index is 13.2. The van der Waals surface area contributed by atoms with Gasteiger partial charge in [0, 0.05) is 49.6 Å². The van der Waals surface area contributed by atoms with E-state index in [9.17, 15) is 19.2 Å². The third-order valence-electron chi connectivity index (χ3n) is 4.94. The predicted octanol–water partition coefficient (Wildman–Crippen LogP) is 3.09. The molecule has 0 aromatic heterocycles. The highest BCUT2D eigenvalue weighted by Crippen LogP contribution is 2.24. The quantitative estimate of drug-likeness (QED) is 0.688. The molecular formula is C23H26N4O4. The Labute approximate surface area is 181 Å². The van der Waals surface area contributed by atoms with Crippen molar-refractivity contribution in [1.29, 1.82) is 0 Å². The molecule has 2 aromatic carbocycles. The van der Waals surface area contributed by atoms with Crippen LogP contribution in [0.4, 0.5) is 17.1 Å². The second kappa shape index (κ2) is 9.88. The maximum Gasteiger partial charge on any atom is 0.254 e. The van der Waals surface area contributed by atoms with Gasteiger partial charge in [0.15, 0.2) is 0 Å². The number of likely N-dealkylation sites (tertiary alicyclic amines) is 1. The minimum Gasteiger partial charge on any atom is -0.338 e.